The lowest BCUT2D eigenvalue weighted by Gasteiger charge is -2.40. The standard InChI is InChI=1S/C18H15FN6O2/c19-12-1-3-14(4-2-12)25-8-6-15(26)17(23-25)18(27)22-13-9-24(10-13)16-5-7-20-11-21-16/h1-8,11,13H,9-10H2,(H,22,27). The highest BCUT2D eigenvalue weighted by molar-refractivity contribution is 5.92. The zero-order valence-electron chi connectivity index (χ0n) is 14.1. The second kappa shape index (κ2) is 6.94. The average molecular weight is 366 g/mol. The fraction of sp³-hybridized carbons (Fsp3) is 0.167. The first-order valence-corrected chi connectivity index (χ1v) is 8.28. The van der Waals surface area contributed by atoms with E-state index in [4.69, 9.17) is 0 Å². The van der Waals surface area contributed by atoms with Crippen LogP contribution < -0.4 is 15.6 Å². The SMILES string of the molecule is O=C(NC1CN(c2ccncn2)C1)c1nn(-c2ccc(F)cc2)ccc1=O. The van der Waals surface area contributed by atoms with Crippen LogP contribution in [0.3, 0.4) is 0 Å². The maximum atomic E-state index is 13.1. The lowest BCUT2D eigenvalue weighted by molar-refractivity contribution is 0.0922. The highest BCUT2D eigenvalue weighted by Gasteiger charge is 2.30. The molecular formula is C18H15FN6O2. The van der Waals surface area contributed by atoms with Crippen LogP contribution in [0.5, 0.6) is 0 Å². The Morgan fingerprint density at radius 1 is 1.15 bits per heavy atom. The summed E-state index contributed by atoms with van der Waals surface area (Å²) < 4.78 is 14.4. The van der Waals surface area contributed by atoms with E-state index in [0.29, 0.717) is 18.8 Å². The van der Waals surface area contributed by atoms with Gasteiger partial charge < -0.3 is 10.2 Å². The molecule has 1 aliphatic rings. The van der Waals surface area contributed by atoms with Crippen LogP contribution in [0.15, 0.2) is 59.9 Å². The van der Waals surface area contributed by atoms with Crippen molar-refractivity contribution in [3.8, 4) is 5.69 Å². The fourth-order valence-electron chi connectivity index (χ4n) is 2.78. The monoisotopic (exact) mass is 366 g/mol. The Morgan fingerprint density at radius 3 is 2.63 bits per heavy atom. The summed E-state index contributed by atoms with van der Waals surface area (Å²) in [6.07, 6.45) is 4.56. The Labute approximate surface area is 153 Å². The Kier molecular flexibility index (Phi) is 4.33. The number of anilines is 1. The summed E-state index contributed by atoms with van der Waals surface area (Å²) >= 11 is 0. The molecule has 0 unspecified atom stereocenters. The number of hydrogen-bond acceptors (Lipinski definition) is 6. The van der Waals surface area contributed by atoms with Gasteiger partial charge in [0, 0.05) is 31.5 Å². The van der Waals surface area contributed by atoms with Crippen LogP contribution in [0.2, 0.25) is 0 Å². The van der Waals surface area contributed by atoms with Gasteiger partial charge in [0.15, 0.2) is 5.69 Å². The molecule has 0 saturated carbocycles. The number of nitrogens with one attached hydrogen (secondary N) is 1. The molecule has 9 heteroatoms. The zero-order chi connectivity index (χ0) is 18.8. The summed E-state index contributed by atoms with van der Waals surface area (Å²) in [5, 5.41) is 6.90. The summed E-state index contributed by atoms with van der Waals surface area (Å²) in [5.74, 6) is -0.133. The highest BCUT2D eigenvalue weighted by Crippen LogP contribution is 2.17. The van der Waals surface area contributed by atoms with E-state index < -0.39 is 11.3 Å². The summed E-state index contributed by atoms with van der Waals surface area (Å²) in [6.45, 7) is 1.17. The fourth-order valence-corrected chi connectivity index (χ4v) is 2.78. The molecular weight excluding hydrogens is 351 g/mol. The van der Waals surface area contributed by atoms with Crippen molar-refractivity contribution in [2.75, 3.05) is 18.0 Å². The van der Waals surface area contributed by atoms with Crippen LogP contribution in [0.4, 0.5) is 10.2 Å². The van der Waals surface area contributed by atoms with Gasteiger partial charge in [0.05, 0.1) is 11.7 Å². The first kappa shape index (κ1) is 16.8. The van der Waals surface area contributed by atoms with Gasteiger partial charge in [-0.3, -0.25) is 9.59 Å². The molecule has 136 valence electrons. The van der Waals surface area contributed by atoms with Crippen molar-refractivity contribution in [1.82, 2.24) is 25.1 Å². The molecule has 1 aliphatic heterocycles. The Balaban J connectivity index is 1.45. The Hall–Kier alpha value is -3.62. The first-order chi connectivity index (χ1) is 13.1. The Bertz CT molecular complexity index is 1020. The van der Waals surface area contributed by atoms with Crippen molar-refractivity contribution in [2.24, 2.45) is 0 Å². The number of carbonyl (C=O) groups is 1. The van der Waals surface area contributed by atoms with E-state index in [0.717, 1.165) is 5.82 Å². The summed E-state index contributed by atoms with van der Waals surface area (Å²) in [6, 6.07) is 8.54. The number of aromatic nitrogens is 4. The molecule has 0 bridgehead atoms. The van der Waals surface area contributed by atoms with E-state index in [2.05, 4.69) is 20.4 Å². The number of hydrogen-bond donors (Lipinski definition) is 1. The third-order valence-electron chi connectivity index (χ3n) is 4.22. The minimum atomic E-state index is -0.538. The van der Waals surface area contributed by atoms with E-state index >= 15 is 0 Å². The molecule has 27 heavy (non-hydrogen) atoms. The van der Waals surface area contributed by atoms with Crippen LogP contribution in [0, 0.1) is 5.82 Å². The van der Waals surface area contributed by atoms with E-state index in [1.165, 1.54) is 47.5 Å². The van der Waals surface area contributed by atoms with Crippen molar-refractivity contribution in [1.29, 1.82) is 0 Å². The number of halogens is 1. The molecule has 0 aliphatic carbocycles. The van der Waals surface area contributed by atoms with Crippen LogP contribution in [0.25, 0.3) is 5.69 Å². The summed E-state index contributed by atoms with van der Waals surface area (Å²) in [7, 11) is 0. The van der Waals surface area contributed by atoms with Gasteiger partial charge in [0.25, 0.3) is 5.91 Å². The number of rotatable bonds is 4. The van der Waals surface area contributed by atoms with E-state index in [9.17, 15) is 14.0 Å². The van der Waals surface area contributed by atoms with Crippen LogP contribution in [-0.4, -0.2) is 44.8 Å². The van der Waals surface area contributed by atoms with E-state index in [-0.39, 0.29) is 17.6 Å². The molecule has 1 aromatic carbocycles. The molecule has 1 fully saturated rings. The van der Waals surface area contributed by atoms with E-state index in [1.54, 1.807) is 12.3 Å². The molecule has 0 spiro atoms. The van der Waals surface area contributed by atoms with Gasteiger partial charge >= 0.3 is 0 Å². The molecule has 8 nitrogen and oxygen atoms in total. The molecule has 2 aromatic heterocycles. The maximum Gasteiger partial charge on any atom is 0.276 e. The van der Waals surface area contributed by atoms with Gasteiger partial charge in [0.2, 0.25) is 5.43 Å². The lowest BCUT2D eigenvalue weighted by atomic mass is 10.1. The van der Waals surface area contributed by atoms with E-state index in [1.807, 2.05) is 4.90 Å². The van der Waals surface area contributed by atoms with Gasteiger partial charge in [-0.15, -0.1) is 0 Å². The molecule has 0 radical (unpaired) electrons. The normalized spacial score (nSPS) is 13.9. The molecule has 1 amide bonds. The lowest BCUT2D eigenvalue weighted by Crippen LogP contribution is -2.60. The number of carbonyl (C=O) groups excluding carboxylic acids is 1. The van der Waals surface area contributed by atoms with Crippen molar-refractivity contribution >= 4 is 11.7 Å². The van der Waals surface area contributed by atoms with Gasteiger partial charge in [-0.05, 0) is 30.3 Å². The summed E-state index contributed by atoms with van der Waals surface area (Å²) in [5.41, 5.74) is -0.135. The number of benzene rings is 1. The molecule has 1 saturated heterocycles. The minimum Gasteiger partial charge on any atom is -0.352 e. The molecule has 4 rings (SSSR count). The maximum absolute atomic E-state index is 13.1. The second-order valence-electron chi connectivity index (χ2n) is 6.09. The predicted molar refractivity (Wildman–Crippen MR) is 95.3 cm³/mol. The number of amides is 1. The smallest absolute Gasteiger partial charge is 0.276 e. The van der Waals surface area contributed by atoms with Crippen LogP contribution in [-0.2, 0) is 0 Å². The van der Waals surface area contributed by atoms with Crippen LogP contribution >= 0.6 is 0 Å². The molecule has 1 N–H and O–H groups in total. The number of nitrogens with zero attached hydrogens (tertiary/aromatic N) is 5. The molecule has 3 heterocycles. The quantitative estimate of drug-likeness (QED) is 0.734. The predicted octanol–water partition coefficient (Wildman–Crippen LogP) is 0.780. The van der Waals surface area contributed by atoms with Gasteiger partial charge in [-0.25, -0.2) is 19.0 Å². The summed E-state index contributed by atoms with van der Waals surface area (Å²) in [4.78, 5) is 34.5. The third kappa shape index (κ3) is 3.52. The topological polar surface area (TPSA) is 93.0 Å². The Morgan fingerprint density at radius 2 is 1.93 bits per heavy atom. The highest BCUT2D eigenvalue weighted by atomic mass is 19.1. The third-order valence-corrected chi connectivity index (χ3v) is 4.22. The molecule has 3 aromatic rings. The largest absolute Gasteiger partial charge is 0.352 e. The zero-order valence-corrected chi connectivity index (χ0v) is 14.1. The van der Waals surface area contributed by atoms with Gasteiger partial charge in [-0.2, -0.15) is 5.10 Å². The van der Waals surface area contributed by atoms with Crippen molar-refractivity contribution in [3.63, 3.8) is 0 Å². The minimum absolute atomic E-state index is 0.104. The van der Waals surface area contributed by atoms with Gasteiger partial charge in [-0.1, -0.05) is 0 Å². The van der Waals surface area contributed by atoms with Crippen molar-refractivity contribution in [3.05, 3.63) is 76.9 Å². The van der Waals surface area contributed by atoms with Gasteiger partial charge in [0.1, 0.15) is 18.0 Å². The van der Waals surface area contributed by atoms with Crippen LogP contribution in [0.1, 0.15) is 10.5 Å². The average Bonchev–Trinajstić information content (AvgIpc) is 2.66. The van der Waals surface area contributed by atoms with Crippen molar-refractivity contribution < 1.29 is 9.18 Å². The first-order valence-electron chi connectivity index (χ1n) is 8.28. The van der Waals surface area contributed by atoms with Crippen molar-refractivity contribution in [2.45, 2.75) is 6.04 Å². The molecule has 0 atom stereocenters. The second-order valence-corrected chi connectivity index (χ2v) is 6.09.